The van der Waals surface area contributed by atoms with Crippen LogP contribution in [-0.4, -0.2) is 27.5 Å². The van der Waals surface area contributed by atoms with Crippen LogP contribution in [0.1, 0.15) is 0 Å². The molecule has 0 aromatic carbocycles. The first-order valence-corrected chi connectivity index (χ1v) is 5.73. The van der Waals surface area contributed by atoms with Crippen molar-refractivity contribution in [1.29, 1.82) is 0 Å². The highest BCUT2D eigenvalue weighted by atomic mass is 32.2. The molecule has 7 heteroatoms. The molecule has 0 fully saturated rings. The average molecular weight is 219 g/mol. The molecule has 0 saturated carbocycles. The van der Waals surface area contributed by atoms with Crippen LogP contribution >= 0.6 is 11.3 Å². The van der Waals surface area contributed by atoms with Gasteiger partial charge in [-0.05, 0) is 16.0 Å². The molecule has 13 heavy (non-hydrogen) atoms. The largest absolute Gasteiger partial charge is 0.310 e. The highest BCUT2D eigenvalue weighted by Crippen LogP contribution is 2.18. The number of thiophene rings is 1. The van der Waals surface area contributed by atoms with Gasteiger partial charge in [-0.25, -0.2) is 0 Å². The second-order valence-corrected chi connectivity index (χ2v) is 5.18. The maximum absolute atomic E-state index is 11.3. The third kappa shape index (κ3) is 2.78. The summed E-state index contributed by atoms with van der Waals surface area (Å²) in [7, 11) is -0.368. The van der Waals surface area contributed by atoms with Gasteiger partial charge in [-0.3, -0.25) is 5.01 Å². The van der Waals surface area contributed by atoms with Crippen molar-refractivity contribution >= 4 is 21.4 Å². The van der Waals surface area contributed by atoms with Crippen LogP contribution < -0.4 is 0 Å². The SMILES string of the molecule is CN(C)/N=N/S(=O)(=O)c1cccs1. The van der Waals surface area contributed by atoms with Gasteiger partial charge in [0.05, 0.1) is 0 Å². The second kappa shape index (κ2) is 3.84. The molecule has 1 heterocycles. The van der Waals surface area contributed by atoms with Gasteiger partial charge in [-0.15, -0.1) is 11.3 Å². The molecule has 0 aliphatic heterocycles. The standard InChI is InChI=1S/C6H9N3O2S2/c1-9(2)7-8-13(10,11)6-4-3-5-12-6/h3-5H,1-2H3/b8-7+. The van der Waals surface area contributed by atoms with Gasteiger partial charge in [-0.2, -0.15) is 8.42 Å². The second-order valence-electron chi connectivity index (χ2n) is 2.43. The van der Waals surface area contributed by atoms with E-state index in [4.69, 9.17) is 0 Å². The average Bonchev–Trinajstić information content (AvgIpc) is 2.53. The van der Waals surface area contributed by atoms with E-state index in [1.807, 2.05) is 0 Å². The van der Waals surface area contributed by atoms with Crippen LogP contribution in [0.15, 0.2) is 31.5 Å². The molecule has 1 rings (SSSR count). The molecule has 1 aromatic heterocycles. The first-order valence-electron chi connectivity index (χ1n) is 3.41. The molecule has 0 amide bonds. The lowest BCUT2D eigenvalue weighted by Crippen LogP contribution is -2.02. The van der Waals surface area contributed by atoms with Gasteiger partial charge in [-0.1, -0.05) is 11.3 Å². The Labute approximate surface area is 80.7 Å². The van der Waals surface area contributed by atoms with Gasteiger partial charge >= 0.3 is 10.0 Å². The summed E-state index contributed by atoms with van der Waals surface area (Å²) in [6.07, 6.45) is 0. The number of rotatable bonds is 3. The van der Waals surface area contributed by atoms with Crippen molar-refractivity contribution in [3.8, 4) is 0 Å². The monoisotopic (exact) mass is 219 g/mol. The molecular weight excluding hydrogens is 210 g/mol. The summed E-state index contributed by atoms with van der Waals surface area (Å²) in [5, 5.41) is 6.43. The van der Waals surface area contributed by atoms with Crippen LogP contribution in [0, 0.1) is 0 Å². The highest BCUT2D eigenvalue weighted by molar-refractivity contribution is 7.92. The number of hydrogen-bond acceptors (Lipinski definition) is 4. The highest BCUT2D eigenvalue weighted by Gasteiger charge is 2.13. The predicted octanol–water partition coefficient (Wildman–Crippen LogP) is 1.37. The molecule has 0 bridgehead atoms. The Morgan fingerprint density at radius 1 is 1.46 bits per heavy atom. The summed E-state index contributed by atoms with van der Waals surface area (Å²) in [5.74, 6) is 0. The van der Waals surface area contributed by atoms with Crippen molar-refractivity contribution < 1.29 is 8.42 Å². The summed E-state index contributed by atoms with van der Waals surface area (Å²) >= 11 is 1.12. The minimum absolute atomic E-state index is 0.207. The maximum atomic E-state index is 11.3. The van der Waals surface area contributed by atoms with E-state index >= 15 is 0 Å². The van der Waals surface area contributed by atoms with Gasteiger partial charge in [0.15, 0.2) is 0 Å². The molecule has 0 radical (unpaired) electrons. The smallest absolute Gasteiger partial charge is 0.284 e. The summed E-state index contributed by atoms with van der Waals surface area (Å²) in [5.41, 5.74) is 0. The molecule has 0 N–H and O–H groups in total. The molecule has 1 aromatic rings. The van der Waals surface area contributed by atoms with Crippen molar-refractivity contribution in [2.45, 2.75) is 4.21 Å². The van der Waals surface area contributed by atoms with E-state index in [9.17, 15) is 8.42 Å². The van der Waals surface area contributed by atoms with E-state index < -0.39 is 10.0 Å². The molecule has 0 aliphatic rings. The van der Waals surface area contributed by atoms with Gasteiger partial charge < -0.3 is 0 Å². The van der Waals surface area contributed by atoms with E-state index in [2.05, 4.69) is 9.74 Å². The topological polar surface area (TPSA) is 62.1 Å². The fourth-order valence-corrected chi connectivity index (χ4v) is 2.35. The zero-order chi connectivity index (χ0) is 9.90. The lowest BCUT2D eigenvalue weighted by molar-refractivity contribution is 0.410. The van der Waals surface area contributed by atoms with E-state index in [1.54, 1.807) is 25.5 Å². The van der Waals surface area contributed by atoms with Gasteiger partial charge in [0.1, 0.15) is 4.21 Å². The van der Waals surface area contributed by atoms with Crippen molar-refractivity contribution in [2.24, 2.45) is 9.74 Å². The van der Waals surface area contributed by atoms with Crippen molar-refractivity contribution in [2.75, 3.05) is 14.1 Å². The Hall–Kier alpha value is -0.950. The van der Waals surface area contributed by atoms with Crippen LogP contribution in [0.5, 0.6) is 0 Å². The maximum Gasteiger partial charge on any atom is 0.310 e. The fraction of sp³-hybridized carbons (Fsp3) is 0.333. The minimum Gasteiger partial charge on any atom is -0.284 e. The number of nitrogens with zero attached hydrogens (tertiary/aromatic N) is 3. The molecule has 72 valence electrons. The van der Waals surface area contributed by atoms with E-state index in [-0.39, 0.29) is 4.21 Å². The van der Waals surface area contributed by atoms with Crippen molar-refractivity contribution in [3.05, 3.63) is 17.5 Å². The van der Waals surface area contributed by atoms with Crippen LogP contribution in [0.3, 0.4) is 0 Å². The molecular formula is C6H9N3O2S2. The fourth-order valence-electron chi connectivity index (χ4n) is 0.572. The van der Waals surface area contributed by atoms with Crippen molar-refractivity contribution in [3.63, 3.8) is 0 Å². The zero-order valence-corrected chi connectivity index (χ0v) is 8.84. The molecule has 0 unspecified atom stereocenters. The summed E-state index contributed by atoms with van der Waals surface area (Å²) < 4.78 is 26.1. The molecule has 0 spiro atoms. The van der Waals surface area contributed by atoms with Gasteiger partial charge in [0, 0.05) is 14.1 Å². The third-order valence-electron chi connectivity index (χ3n) is 1.07. The predicted molar refractivity (Wildman–Crippen MR) is 50.0 cm³/mol. The number of sulfonamides is 1. The van der Waals surface area contributed by atoms with Crippen molar-refractivity contribution in [1.82, 2.24) is 5.01 Å². The normalized spacial score (nSPS) is 12.2. The zero-order valence-electron chi connectivity index (χ0n) is 7.21. The summed E-state index contributed by atoms with van der Waals surface area (Å²) in [6.45, 7) is 0. The molecule has 5 nitrogen and oxygen atoms in total. The third-order valence-corrected chi connectivity index (χ3v) is 3.59. The molecule has 0 aliphatic carbocycles. The van der Waals surface area contributed by atoms with Crippen LogP contribution in [0.25, 0.3) is 0 Å². The number of hydrogen-bond donors (Lipinski definition) is 0. The van der Waals surface area contributed by atoms with Gasteiger partial charge in [0.25, 0.3) is 0 Å². The van der Waals surface area contributed by atoms with Crippen LogP contribution in [-0.2, 0) is 10.0 Å². The minimum atomic E-state index is -3.58. The Kier molecular flexibility index (Phi) is 2.99. The molecule has 0 atom stereocenters. The Bertz CT molecular complexity index is 380. The van der Waals surface area contributed by atoms with E-state index in [0.29, 0.717) is 0 Å². The van der Waals surface area contributed by atoms with Gasteiger partial charge in [0.2, 0.25) is 0 Å². The quantitative estimate of drug-likeness (QED) is 0.569. The van der Waals surface area contributed by atoms with Crippen LogP contribution in [0.4, 0.5) is 0 Å². The first-order chi connectivity index (χ1) is 6.02. The molecule has 0 saturated heterocycles. The van der Waals surface area contributed by atoms with E-state index in [1.165, 1.54) is 11.1 Å². The lowest BCUT2D eigenvalue weighted by atomic mass is 10.7. The Balaban J connectivity index is 2.92. The summed E-state index contributed by atoms with van der Waals surface area (Å²) in [4.78, 5) is 0. The Morgan fingerprint density at radius 2 is 2.15 bits per heavy atom. The van der Waals surface area contributed by atoms with Crippen LogP contribution in [0.2, 0.25) is 0 Å². The Morgan fingerprint density at radius 3 is 2.62 bits per heavy atom. The van der Waals surface area contributed by atoms with E-state index in [0.717, 1.165) is 11.3 Å². The summed E-state index contributed by atoms with van der Waals surface area (Å²) in [6, 6.07) is 3.15. The lowest BCUT2D eigenvalue weighted by Gasteiger charge is -1.99. The first kappa shape index (κ1) is 10.1.